The number of hydrogen-bond donors (Lipinski definition) is 1. The van der Waals surface area contributed by atoms with Crippen molar-refractivity contribution < 1.29 is 9.53 Å². The largest absolute Gasteiger partial charge is 0.378 e. The van der Waals surface area contributed by atoms with Gasteiger partial charge in [0.1, 0.15) is 0 Å². The Morgan fingerprint density at radius 3 is 2.78 bits per heavy atom. The summed E-state index contributed by atoms with van der Waals surface area (Å²) in [6, 6.07) is 6.38. The van der Waals surface area contributed by atoms with Crippen LogP contribution in [0, 0.1) is 13.8 Å². The van der Waals surface area contributed by atoms with E-state index < -0.39 is 0 Å². The van der Waals surface area contributed by atoms with Gasteiger partial charge < -0.3 is 15.4 Å². The molecule has 4 nitrogen and oxygen atoms in total. The van der Waals surface area contributed by atoms with E-state index in [1.165, 1.54) is 16.0 Å². The summed E-state index contributed by atoms with van der Waals surface area (Å²) < 4.78 is 5.79. The molecular weight excluding hydrogens is 308 g/mol. The zero-order valence-corrected chi connectivity index (χ0v) is 15.0. The first-order chi connectivity index (χ1) is 11.1. The zero-order chi connectivity index (χ0) is 16.7. The topological polar surface area (TPSA) is 55.6 Å². The lowest BCUT2D eigenvalue weighted by molar-refractivity contribution is -0.130. The number of nitrogens with two attached hydrogens (primary N) is 1. The van der Waals surface area contributed by atoms with Crippen molar-refractivity contribution >= 4 is 17.7 Å². The highest BCUT2D eigenvalue weighted by molar-refractivity contribution is 8.00. The summed E-state index contributed by atoms with van der Waals surface area (Å²) in [7, 11) is 0. The molecule has 1 amide bonds. The average Bonchev–Trinajstić information content (AvgIpc) is 2.56. The first-order valence-corrected chi connectivity index (χ1v) is 9.38. The van der Waals surface area contributed by atoms with Gasteiger partial charge in [0.2, 0.25) is 5.91 Å². The van der Waals surface area contributed by atoms with Crippen LogP contribution in [0.4, 0.5) is 0 Å². The molecule has 1 fully saturated rings. The van der Waals surface area contributed by atoms with Crippen LogP contribution in [0.5, 0.6) is 0 Å². The van der Waals surface area contributed by atoms with Crippen LogP contribution >= 0.6 is 11.8 Å². The lowest BCUT2D eigenvalue weighted by Crippen LogP contribution is -2.41. The standard InChI is InChI=1S/C18H28N2O2S/c1-14-4-5-15(2)17(12-14)23-13-18(21)20-9-6-16(7-10-20)22-11-3-8-19/h4-5,12,16H,3,6-11,13,19H2,1-2H3. The van der Waals surface area contributed by atoms with Crippen molar-refractivity contribution in [3.8, 4) is 0 Å². The number of amides is 1. The fourth-order valence-corrected chi connectivity index (χ4v) is 3.73. The highest BCUT2D eigenvalue weighted by atomic mass is 32.2. The maximum atomic E-state index is 12.4. The Balaban J connectivity index is 1.74. The summed E-state index contributed by atoms with van der Waals surface area (Å²) in [6.45, 7) is 7.20. The molecule has 1 aromatic rings. The van der Waals surface area contributed by atoms with Crippen molar-refractivity contribution in [1.29, 1.82) is 0 Å². The monoisotopic (exact) mass is 336 g/mol. The van der Waals surface area contributed by atoms with Crippen molar-refractivity contribution in [2.45, 2.75) is 44.1 Å². The summed E-state index contributed by atoms with van der Waals surface area (Å²) >= 11 is 1.64. The van der Waals surface area contributed by atoms with E-state index in [1.807, 2.05) is 4.90 Å². The fraction of sp³-hybridized carbons (Fsp3) is 0.611. The minimum absolute atomic E-state index is 0.233. The number of likely N-dealkylation sites (tertiary alicyclic amines) is 1. The van der Waals surface area contributed by atoms with Gasteiger partial charge in [-0.1, -0.05) is 17.7 Å². The Morgan fingerprint density at radius 1 is 1.35 bits per heavy atom. The molecular formula is C18H28N2O2S. The maximum absolute atomic E-state index is 12.4. The smallest absolute Gasteiger partial charge is 0.232 e. The molecule has 1 aliphatic rings. The predicted octanol–water partition coefficient (Wildman–Crippen LogP) is 2.75. The number of hydrogen-bond acceptors (Lipinski definition) is 4. The second kappa shape index (κ2) is 9.30. The van der Waals surface area contributed by atoms with E-state index in [0.717, 1.165) is 39.0 Å². The van der Waals surface area contributed by atoms with Crippen molar-refractivity contribution in [2.24, 2.45) is 5.73 Å². The number of carbonyl (C=O) groups is 1. The van der Waals surface area contributed by atoms with Gasteiger partial charge in [0.15, 0.2) is 0 Å². The van der Waals surface area contributed by atoms with Gasteiger partial charge in [0.25, 0.3) is 0 Å². The summed E-state index contributed by atoms with van der Waals surface area (Å²) in [4.78, 5) is 15.6. The van der Waals surface area contributed by atoms with Gasteiger partial charge in [-0.05, 0) is 51.3 Å². The summed E-state index contributed by atoms with van der Waals surface area (Å²) in [5, 5.41) is 0. The van der Waals surface area contributed by atoms with Crippen LogP contribution in [-0.4, -0.2) is 48.9 Å². The molecule has 0 saturated carbocycles. The number of thioether (sulfide) groups is 1. The molecule has 128 valence electrons. The second-order valence-corrected chi connectivity index (χ2v) is 7.17. The SMILES string of the molecule is Cc1ccc(C)c(SCC(=O)N2CCC(OCCCN)CC2)c1. The van der Waals surface area contributed by atoms with Crippen molar-refractivity contribution in [1.82, 2.24) is 4.90 Å². The molecule has 0 unspecified atom stereocenters. The number of carbonyl (C=O) groups excluding carboxylic acids is 1. The number of ether oxygens (including phenoxy) is 1. The Hall–Kier alpha value is -1.04. The van der Waals surface area contributed by atoms with Crippen LogP contribution in [0.2, 0.25) is 0 Å². The third kappa shape index (κ3) is 5.83. The van der Waals surface area contributed by atoms with Gasteiger partial charge in [-0.3, -0.25) is 4.79 Å². The minimum Gasteiger partial charge on any atom is -0.378 e. The molecule has 0 spiro atoms. The lowest BCUT2D eigenvalue weighted by Gasteiger charge is -2.32. The molecule has 2 rings (SSSR count). The molecule has 5 heteroatoms. The Labute approximate surface area is 143 Å². The van der Waals surface area contributed by atoms with Crippen molar-refractivity contribution in [3.05, 3.63) is 29.3 Å². The lowest BCUT2D eigenvalue weighted by atomic mass is 10.1. The number of rotatable bonds is 7. The van der Waals surface area contributed by atoms with Gasteiger partial charge in [-0.25, -0.2) is 0 Å². The molecule has 1 aliphatic heterocycles. The van der Waals surface area contributed by atoms with Crippen LogP contribution in [-0.2, 0) is 9.53 Å². The van der Waals surface area contributed by atoms with Crippen LogP contribution in [0.15, 0.2) is 23.1 Å². The van der Waals surface area contributed by atoms with Gasteiger partial charge in [-0.2, -0.15) is 0 Å². The predicted molar refractivity (Wildman–Crippen MR) is 95.9 cm³/mol. The van der Waals surface area contributed by atoms with Crippen LogP contribution in [0.25, 0.3) is 0 Å². The van der Waals surface area contributed by atoms with Gasteiger partial charge in [-0.15, -0.1) is 11.8 Å². The maximum Gasteiger partial charge on any atom is 0.232 e. The molecule has 0 radical (unpaired) electrons. The summed E-state index contributed by atoms with van der Waals surface area (Å²) in [6.07, 6.45) is 3.07. The van der Waals surface area contributed by atoms with Gasteiger partial charge in [0.05, 0.1) is 11.9 Å². The van der Waals surface area contributed by atoms with Crippen LogP contribution in [0.1, 0.15) is 30.4 Å². The highest BCUT2D eigenvalue weighted by Gasteiger charge is 2.23. The number of piperidine rings is 1. The minimum atomic E-state index is 0.233. The van der Waals surface area contributed by atoms with E-state index >= 15 is 0 Å². The average molecular weight is 337 g/mol. The molecule has 0 aliphatic carbocycles. The van der Waals surface area contributed by atoms with Crippen molar-refractivity contribution in [2.75, 3.05) is 32.0 Å². The quantitative estimate of drug-likeness (QED) is 0.614. The van der Waals surface area contributed by atoms with Gasteiger partial charge >= 0.3 is 0 Å². The third-order valence-corrected chi connectivity index (χ3v) is 5.33. The van der Waals surface area contributed by atoms with Crippen molar-refractivity contribution in [3.63, 3.8) is 0 Å². The molecule has 0 aromatic heterocycles. The number of nitrogens with zero attached hydrogens (tertiary/aromatic N) is 1. The molecule has 23 heavy (non-hydrogen) atoms. The fourth-order valence-electron chi connectivity index (χ4n) is 2.70. The molecule has 1 aromatic carbocycles. The summed E-state index contributed by atoms with van der Waals surface area (Å²) in [5.41, 5.74) is 7.95. The second-order valence-electron chi connectivity index (χ2n) is 6.15. The highest BCUT2D eigenvalue weighted by Crippen LogP contribution is 2.24. The van der Waals surface area contributed by atoms with E-state index in [1.54, 1.807) is 11.8 Å². The molecule has 1 heterocycles. The molecule has 1 saturated heterocycles. The number of benzene rings is 1. The number of aryl methyl sites for hydroxylation is 2. The van der Waals surface area contributed by atoms with E-state index in [0.29, 0.717) is 12.3 Å². The van der Waals surface area contributed by atoms with E-state index in [9.17, 15) is 4.79 Å². The first-order valence-electron chi connectivity index (χ1n) is 8.39. The third-order valence-electron chi connectivity index (χ3n) is 4.19. The normalized spacial score (nSPS) is 15.9. The van der Waals surface area contributed by atoms with E-state index in [-0.39, 0.29) is 12.0 Å². The molecule has 2 N–H and O–H groups in total. The first kappa shape index (κ1) is 18.3. The van der Waals surface area contributed by atoms with E-state index in [2.05, 4.69) is 32.0 Å². The Morgan fingerprint density at radius 2 is 2.09 bits per heavy atom. The Kier molecular flexibility index (Phi) is 7.40. The van der Waals surface area contributed by atoms with Gasteiger partial charge in [0, 0.05) is 24.6 Å². The molecule has 0 bridgehead atoms. The van der Waals surface area contributed by atoms with Crippen LogP contribution in [0.3, 0.4) is 0 Å². The van der Waals surface area contributed by atoms with Crippen LogP contribution < -0.4 is 5.73 Å². The summed E-state index contributed by atoms with van der Waals surface area (Å²) in [5.74, 6) is 0.750. The van der Waals surface area contributed by atoms with E-state index in [4.69, 9.17) is 10.5 Å². The zero-order valence-electron chi connectivity index (χ0n) is 14.2. The molecule has 0 atom stereocenters. The Bertz CT molecular complexity index is 514.